The largest absolute Gasteiger partial charge is 0.480 e. The van der Waals surface area contributed by atoms with Crippen molar-refractivity contribution in [3.63, 3.8) is 0 Å². The highest BCUT2D eigenvalue weighted by molar-refractivity contribution is 5.85. The molecule has 1 atom stereocenters. The second-order valence-corrected chi connectivity index (χ2v) is 6.79. The number of benzene rings is 1. The lowest BCUT2D eigenvalue weighted by Crippen LogP contribution is -2.58. The van der Waals surface area contributed by atoms with Crippen LogP contribution < -0.4 is 0 Å². The molecule has 25 heavy (non-hydrogen) atoms. The van der Waals surface area contributed by atoms with Crippen LogP contribution in [0.2, 0.25) is 0 Å². The van der Waals surface area contributed by atoms with E-state index in [4.69, 9.17) is 4.74 Å². The summed E-state index contributed by atoms with van der Waals surface area (Å²) in [7, 11) is 0. The van der Waals surface area contributed by atoms with Crippen LogP contribution >= 0.6 is 0 Å². The summed E-state index contributed by atoms with van der Waals surface area (Å²) in [6.45, 7) is 4.80. The molecule has 0 saturated carbocycles. The van der Waals surface area contributed by atoms with Crippen molar-refractivity contribution in [2.75, 3.05) is 26.2 Å². The normalized spacial score (nSPS) is 23.1. The maximum atomic E-state index is 12.9. The van der Waals surface area contributed by atoms with Crippen LogP contribution in [-0.2, 0) is 20.7 Å². The fourth-order valence-electron chi connectivity index (χ4n) is 3.87. The first-order chi connectivity index (χ1) is 12.1. The minimum absolute atomic E-state index is 0.0819. The Morgan fingerprint density at radius 3 is 2.52 bits per heavy atom. The first kappa shape index (κ1) is 17.9. The molecule has 0 radical (unpaired) electrons. The van der Waals surface area contributed by atoms with E-state index in [0.29, 0.717) is 25.7 Å². The Bertz CT molecular complexity index is 611. The second-order valence-electron chi connectivity index (χ2n) is 6.79. The number of rotatable bonds is 5. The van der Waals surface area contributed by atoms with Crippen molar-refractivity contribution in [1.29, 1.82) is 0 Å². The summed E-state index contributed by atoms with van der Waals surface area (Å²) in [4.78, 5) is 28.4. The average molecular weight is 346 g/mol. The number of carbonyl (C=O) groups excluding carboxylic acids is 1. The number of carboxylic acids is 1. The molecule has 1 amide bonds. The molecular weight excluding hydrogens is 320 g/mol. The molecule has 2 saturated heterocycles. The van der Waals surface area contributed by atoms with E-state index in [-0.39, 0.29) is 12.5 Å². The Labute approximate surface area is 148 Å². The Hall–Kier alpha value is -1.92. The summed E-state index contributed by atoms with van der Waals surface area (Å²) in [5.41, 5.74) is 0.334. The molecule has 1 aromatic carbocycles. The van der Waals surface area contributed by atoms with Gasteiger partial charge in [0.1, 0.15) is 5.72 Å². The summed E-state index contributed by atoms with van der Waals surface area (Å²) in [5.74, 6) is -1.11. The molecular formula is C19H26N2O4. The number of likely N-dealkylation sites (tertiary alicyclic amines) is 1. The highest BCUT2D eigenvalue weighted by Gasteiger charge is 2.53. The fourth-order valence-corrected chi connectivity index (χ4v) is 3.87. The Morgan fingerprint density at radius 2 is 1.92 bits per heavy atom. The monoisotopic (exact) mass is 346 g/mol. The summed E-state index contributed by atoms with van der Waals surface area (Å²) in [6.07, 6.45) is 2.25. The summed E-state index contributed by atoms with van der Waals surface area (Å²) >= 11 is 0. The van der Waals surface area contributed by atoms with Crippen LogP contribution in [0.3, 0.4) is 0 Å². The van der Waals surface area contributed by atoms with Crippen molar-refractivity contribution in [2.24, 2.45) is 0 Å². The zero-order valence-electron chi connectivity index (χ0n) is 14.7. The number of hydrogen-bond acceptors (Lipinski definition) is 4. The lowest BCUT2D eigenvalue weighted by molar-refractivity contribution is -0.165. The van der Waals surface area contributed by atoms with Crippen LogP contribution in [0.15, 0.2) is 30.3 Å². The molecule has 1 spiro atoms. The van der Waals surface area contributed by atoms with E-state index in [1.807, 2.05) is 30.3 Å². The molecule has 6 heteroatoms. The van der Waals surface area contributed by atoms with E-state index >= 15 is 0 Å². The van der Waals surface area contributed by atoms with E-state index in [9.17, 15) is 14.7 Å². The molecule has 0 bridgehead atoms. The summed E-state index contributed by atoms with van der Waals surface area (Å²) in [6, 6.07) is 8.92. The van der Waals surface area contributed by atoms with Gasteiger partial charge in [0.25, 0.3) is 0 Å². The predicted molar refractivity (Wildman–Crippen MR) is 93.1 cm³/mol. The van der Waals surface area contributed by atoms with Crippen LogP contribution in [0.4, 0.5) is 0 Å². The zero-order valence-corrected chi connectivity index (χ0v) is 14.7. The molecule has 2 heterocycles. The predicted octanol–water partition coefficient (Wildman–Crippen LogP) is 1.74. The van der Waals surface area contributed by atoms with Gasteiger partial charge in [0.2, 0.25) is 5.91 Å². The van der Waals surface area contributed by atoms with Gasteiger partial charge >= 0.3 is 5.97 Å². The number of piperidine rings is 1. The number of ether oxygens (including phenoxy) is 1. The van der Waals surface area contributed by atoms with Crippen molar-refractivity contribution < 1.29 is 19.4 Å². The van der Waals surface area contributed by atoms with Crippen molar-refractivity contribution >= 4 is 11.9 Å². The fraction of sp³-hybridized carbons (Fsp3) is 0.579. The number of aryl methyl sites for hydroxylation is 1. The smallest absolute Gasteiger partial charge is 0.328 e. The summed E-state index contributed by atoms with van der Waals surface area (Å²) in [5, 5.41) is 9.55. The number of aliphatic carboxylic acids is 1. The quantitative estimate of drug-likeness (QED) is 0.879. The minimum Gasteiger partial charge on any atom is -0.480 e. The van der Waals surface area contributed by atoms with Gasteiger partial charge in [-0.3, -0.25) is 9.69 Å². The first-order valence-electron chi connectivity index (χ1n) is 9.01. The molecule has 2 aliphatic heterocycles. The van der Waals surface area contributed by atoms with Crippen molar-refractivity contribution in [2.45, 2.75) is 44.4 Å². The maximum absolute atomic E-state index is 12.9. The Balaban J connectivity index is 1.73. The molecule has 1 aromatic rings. The van der Waals surface area contributed by atoms with E-state index in [0.717, 1.165) is 25.2 Å². The Morgan fingerprint density at radius 1 is 1.24 bits per heavy atom. The molecule has 2 aliphatic rings. The van der Waals surface area contributed by atoms with Crippen LogP contribution in [0, 0.1) is 0 Å². The summed E-state index contributed by atoms with van der Waals surface area (Å²) < 4.78 is 5.93. The molecule has 0 unspecified atom stereocenters. The average Bonchev–Trinajstić information content (AvgIpc) is 3.00. The highest BCUT2D eigenvalue weighted by Crippen LogP contribution is 2.37. The minimum atomic E-state index is -0.983. The molecule has 2 fully saturated rings. The third-order valence-corrected chi connectivity index (χ3v) is 5.37. The van der Waals surface area contributed by atoms with Gasteiger partial charge in [0.05, 0.1) is 6.61 Å². The van der Waals surface area contributed by atoms with Gasteiger partial charge in [0.15, 0.2) is 6.04 Å². The van der Waals surface area contributed by atoms with E-state index in [1.54, 1.807) is 0 Å². The van der Waals surface area contributed by atoms with Gasteiger partial charge < -0.3 is 14.7 Å². The van der Waals surface area contributed by atoms with Crippen molar-refractivity contribution in [3.05, 3.63) is 35.9 Å². The zero-order chi connectivity index (χ0) is 17.9. The molecule has 136 valence electrons. The van der Waals surface area contributed by atoms with Gasteiger partial charge in [-0.2, -0.15) is 0 Å². The number of hydrogen-bond donors (Lipinski definition) is 1. The third kappa shape index (κ3) is 3.70. The standard InChI is InChI=1S/C19H26N2O4/c1-2-20-12-10-19(11-13-20)21(16(14-25-19)18(23)24)17(22)9-8-15-6-4-3-5-7-15/h3-7,16H,2,8-14H2,1H3,(H,23,24)/t16-/m0/s1. The maximum Gasteiger partial charge on any atom is 0.328 e. The van der Waals surface area contributed by atoms with Crippen LogP contribution in [0.1, 0.15) is 31.7 Å². The highest BCUT2D eigenvalue weighted by atomic mass is 16.5. The van der Waals surface area contributed by atoms with Crippen LogP contribution in [0.5, 0.6) is 0 Å². The SMILES string of the molecule is CCN1CCC2(CC1)OC[C@@H](C(=O)O)N2C(=O)CCc1ccccc1. The van der Waals surface area contributed by atoms with Gasteiger partial charge in [-0.15, -0.1) is 0 Å². The Kier molecular flexibility index (Phi) is 5.39. The van der Waals surface area contributed by atoms with Gasteiger partial charge in [-0.1, -0.05) is 37.3 Å². The van der Waals surface area contributed by atoms with Gasteiger partial charge in [-0.25, -0.2) is 4.79 Å². The van der Waals surface area contributed by atoms with Crippen molar-refractivity contribution in [1.82, 2.24) is 9.80 Å². The third-order valence-electron chi connectivity index (χ3n) is 5.37. The van der Waals surface area contributed by atoms with E-state index in [1.165, 1.54) is 4.90 Å². The number of amides is 1. The van der Waals surface area contributed by atoms with Gasteiger partial charge in [0, 0.05) is 32.4 Å². The van der Waals surface area contributed by atoms with E-state index in [2.05, 4.69) is 11.8 Å². The molecule has 3 rings (SSSR count). The molecule has 6 nitrogen and oxygen atoms in total. The lowest BCUT2D eigenvalue weighted by atomic mass is 9.97. The number of carboxylic acid groups (broad SMARTS) is 1. The van der Waals surface area contributed by atoms with Crippen LogP contribution in [0.25, 0.3) is 0 Å². The molecule has 0 aromatic heterocycles. The number of nitrogens with zero attached hydrogens (tertiary/aromatic N) is 2. The molecule has 0 aliphatic carbocycles. The van der Waals surface area contributed by atoms with Crippen molar-refractivity contribution in [3.8, 4) is 0 Å². The van der Waals surface area contributed by atoms with Crippen LogP contribution in [-0.4, -0.2) is 64.8 Å². The molecule has 1 N–H and O–H groups in total. The van der Waals surface area contributed by atoms with Gasteiger partial charge in [-0.05, 0) is 18.5 Å². The lowest BCUT2D eigenvalue weighted by Gasteiger charge is -2.44. The topological polar surface area (TPSA) is 70.1 Å². The number of carbonyl (C=O) groups is 2. The second kappa shape index (κ2) is 7.54. The van der Waals surface area contributed by atoms with E-state index < -0.39 is 17.7 Å². The first-order valence-corrected chi connectivity index (χ1v) is 9.01.